The van der Waals surface area contributed by atoms with Crippen LogP contribution in [0.3, 0.4) is 0 Å². The summed E-state index contributed by atoms with van der Waals surface area (Å²) in [4.78, 5) is 13.0. The molecule has 1 amide bonds. The molecule has 0 saturated carbocycles. The average Bonchev–Trinajstić information content (AvgIpc) is 2.73. The summed E-state index contributed by atoms with van der Waals surface area (Å²) in [6, 6.07) is 19.6. The molecule has 7 heteroatoms. The van der Waals surface area contributed by atoms with Gasteiger partial charge in [0.25, 0.3) is 5.91 Å². The Morgan fingerprint density at radius 1 is 0.967 bits per heavy atom. The molecule has 0 bridgehead atoms. The largest absolute Gasteiger partial charge is 0.373 e. The molecule has 0 spiro atoms. The van der Waals surface area contributed by atoms with Crippen molar-refractivity contribution in [3.8, 4) is 0 Å². The van der Waals surface area contributed by atoms with Gasteiger partial charge in [-0.1, -0.05) is 42.5 Å². The van der Waals surface area contributed by atoms with Crippen molar-refractivity contribution in [2.45, 2.75) is 31.0 Å². The van der Waals surface area contributed by atoms with E-state index in [9.17, 15) is 13.2 Å². The molecule has 30 heavy (non-hydrogen) atoms. The maximum Gasteiger partial charge on any atom is 0.255 e. The number of carbonyl (C=O) groups excluding carboxylic acids is 1. The molecule has 1 saturated heterocycles. The monoisotopic (exact) mass is 424 g/mol. The number of amides is 1. The molecule has 0 aliphatic carbocycles. The van der Waals surface area contributed by atoms with E-state index < -0.39 is 10.0 Å². The molecule has 4 rings (SSSR count). The van der Waals surface area contributed by atoms with Gasteiger partial charge in [-0.2, -0.15) is 4.31 Å². The van der Waals surface area contributed by atoms with E-state index in [2.05, 4.69) is 5.32 Å². The molecule has 0 aromatic heterocycles. The van der Waals surface area contributed by atoms with Gasteiger partial charge in [0, 0.05) is 29.7 Å². The Hall–Kier alpha value is -2.74. The van der Waals surface area contributed by atoms with Gasteiger partial charge in [0.2, 0.25) is 10.0 Å². The van der Waals surface area contributed by atoms with E-state index in [4.69, 9.17) is 4.74 Å². The molecule has 1 fully saturated rings. The van der Waals surface area contributed by atoms with Crippen LogP contribution in [0.2, 0.25) is 0 Å². The SMILES string of the molecule is CC1CN(S(=O)(=O)c2cccc(C(=O)Nc3cccc4ccccc34)c2)CC(C)O1. The second kappa shape index (κ2) is 8.18. The summed E-state index contributed by atoms with van der Waals surface area (Å²) in [6.07, 6.45) is -0.359. The molecule has 3 aromatic rings. The standard InChI is InChI=1S/C23H24N2O4S/c1-16-14-25(15-17(2)29-16)30(27,28)20-10-5-9-19(13-20)23(26)24-22-12-6-8-18-7-3-4-11-21(18)22/h3-13,16-17H,14-15H2,1-2H3,(H,24,26). The fraction of sp³-hybridized carbons (Fsp3) is 0.261. The highest BCUT2D eigenvalue weighted by Crippen LogP contribution is 2.25. The van der Waals surface area contributed by atoms with Crippen molar-refractivity contribution in [3.05, 3.63) is 72.3 Å². The summed E-state index contributed by atoms with van der Waals surface area (Å²) < 4.78 is 33.3. The average molecular weight is 425 g/mol. The highest BCUT2D eigenvalue weighted by atomic mass is 32.2. The number of benzene rings is 3. The molecular weight excluding hydrogens is 400 g/mol. The number of nitrogens with zero attached hydrogens (tertiary/aromatic N) is 1. The van der Waals surface area contributed by atoms with Crippen LogP contribution >= 0.6 is 0 Å². The lowest BCUT2D eigenvalue weighted by Crippen LogP contribution is -2.48. The molecule has 2 atom stereocenters. The van der Waals surface area contributed by atoms with Crippen LogP contribution in [0.25, 0.3) is 10.8 Å². The van der Waals surface area contributed by atoms with Gasteiger partial charge in [0.1, 0.15) is 0 Å². The van der Waals surface area contributed by atoms with Crippen molar-refractivity contribution in [1.82, 2.24) is 4.31 Å². The number of anilines is 1. The number of rotatable bonds is 4. The van der Waals surface area contributed by atoms with Gasteiger partial charge >= 0.3 is 0 Å². The number of nitrogens with one attached hydrogen (secondary N) is 1. The Bertz CT molecular complexity index is 1180. The molecule has 3 aromatic carbocycles. The van der Waals surface area contributed by atoms with Crippen molar-refractivity contribution in [2.75, 3.05) is 18.4 Å². The Balaban J connectivity index is 1.60. The fourth-order valence-electron chi connectivity index (χ4n) is 3.80. The maximum atomic E-state index is 13.1. The summed E-state index contributed by atoms with van der Waals surface area (Å²) in [6.45, 7) is 4.29. The van der Waals surface area contributed by atoms with Crippen LogP contribution in [0.15, 0.2) is 71.6 Å². The summed E-state index contributed by atoms with van der Waals surface area (Å²) in [5, 5.41) is 4.85. The molecule has 2 unspecified atom stereocenters. The minimum atomic E-state index is -3.72. The number of morpholine rings is 1. The molecule has 6 nitrogen and oxygen atoms in total. The smallest absolute Gasteiger partial charge is 0.255 e. The number of sulfonamides is 1. The van der Waals surface area contributed by atoms with E-state index in [1.54, 1.807) is 12.1 Å². The molecule has 1 heterocycles. The minimum Gasteiger partial charge on any atom is -0.373 e. The number of hydrogen-bond acceptors (Lipinski definition) is 4. The Morgan fingerprint density at radius 2 is 1.63 bits per heavy atom. The van der Waals surface area contributed by atoms with Gasteiger partial charge in [-0.25, -0.2) is 8.42 Å². The van der Waals surface area contributed by atoms with Crippen molar-refractivity contribution >= 4 is 32.4 Å². The summed E-state index contributed by atoms with van der Waals surface area (Å²) in [5.41, 5.74) is 0.973. The first kappa shape index (κ1) is 20.5. The van der Waals surface area contributed by atoms with E-state index >= 15 is 0 Å². The van der Waals surface area contributed by atoms with Gasteiger partial charge in [0.15, 0.2) is 0 Å². The van der Waals surface area contributed by atoms with Gasteiger partial charge in [0.05, 0.1) is 17.1 Å². The third-order valence-electron chi connectivity index (χ3n) is 5.16. The zero-order valence-electron chi connectivity index (χ0n) is 16.9. The fourth-order valence-corrected chi connectivity index (χ4v) is 5.44. The zero-order chi connectivity index (χ0) is 21.3. The van der Waals surface area contributed by atoms with Gasteiger partial charge in [-0.05, 0) is 43.5 Å². The summed E-state index contributed by atoms with van der Waals surface area (Å²) >= 11 is 0. The lowest BCUT2D eigenvalue weighted by molar-refractivity contribution is -0.0440. The van der Waals surface area contributed by atoms with Crippen molar-refractivity contribution in [1.29, 1.82) is 0 Å². The normalized spacial score (nSPS) is 20.2. The minimum absolute atomic E-state index is 0.106. The van der Waals surface area contributed by atoms with Crippen LogP contribution in [-0.2, 0) is 14.8 Å². The van der Waals surface area contributed by atoms with Crippen molar-refractivity contribution in [3.63, 3.8) is 0 Å². The first-order valence-electron chi connectivity index (χ1n) is 9.89. The second-order valence-electron chi connectivity index (χ2n) is 7.59. The number of hydrogen-bond donors (Lipinski definition) is 1. The molecular formula is C23H24N2O4S. The number of fused-ring (bicyclic) bond motifs is 1. The van der Waals surface area contributed by atoms with E-state index in [-0.39, 0.29) is 23.0 Å². The van der Waals surface area contributed by atoms with Gasteiger partial charge < -0.3 is 10.1 Å². The van der Waals surface area contributed by atoms with Crippen LogP contribution in [0.1, 0.15) is 24.2 Å². The topological polar surface area (TPSA) is 75.7 Å². The second-order valence-corrected chi connectivity index (χ2v) is 9.53. The molecule has 156 valence electrons. The van der Waals surface area contributed by atoms with Crippen molar-refractivity contribution in [2.24, 2.45) is 0 Å². The molecule has 1 aliphatic rings. The number of ether oxygens (including phenoxy) is 1. The predicted molar refractivity (Wildman–Crippen MR) is 117 cm³/mol. The van der Waals surface area contributed by atoms with Crippen LogP contribution in [0.5, 0.6) is 0 Å². The Morgan fingerprint density at radius 3 is 2.40 bits per heavy atom. The quantitative estimate of drug-likeness (QED) is 0.689. The van der Waals surface area contributed by atoms with E-state index in [1.807, 2.05) is 56.3 Å². The van der Waals surface area contributed by atoms with Gasteiger partial charge in [-0.3, -0.25) is 4.79 Å². The van der Waals surface area contributed by atoms with E-state index in [0.717, 1.165) is 10.8 Å². The zero-order valence-corrected chi connectivity index (χ0v) is 17.7. The third-order valence-corrected chi connectivity index (χ3v) is 6.99. The van der Waals surface area contributed by atoms with Gasteiger partial charge in [-0.15, -0.1) is 0 Å². The first-order valence-corrected chi connectivity index (χ1v) is 11.3. The van der Waals surface area contributed by atoms with E-state index in [1.165, 1.54) is 16.4 Å². The van der Waals surface area contributed by atoms with Crippen molar-refractivity contribution < 1.29 is 17.9 Å². The summed E-state index contributed by atoms with van der Waals surface area (Å²) in [7, 11) is -3.72. The highest BCUT2D eigenvalue weighted by molar-refractivity contribution is 7.89. The van der Waals surface area contributed by atoms with E-state index in [0.29, 0.717) is 24.3 Å². The Kier molecular flexibility index (Phi) is 5.60. The lowest BCUT2D eigenvalue weighted by atomic mass is 10.1. The maximum absolute atomic E-state index is 13.1. The first-order chi connectivity index (χ1) is 14.3. The molecule has 1 N–H and O–H groups in total. The van der Waals surface area contributed by atoms with Crippen LogP contribution in [0.4, 0.5) is 5.69 Å². The van der Waals surface area contributed by atoms with Crippen LogP contribution in [-0.4, -0.2) is 43.9 Å². The summed E-state index contributed by atoms with van der Waals surface area (Å²) in [5.74, 6) is -0.355. The molecule has 1 aliphatic heterocycles. The lowest BCUT2D eigenvalue weighted by Gasteiger charge is -2.34. The van der Waals surface area contributed by atoms with Crippen LogP contribution in [0, 0.1) is 0 Å². The molecule has 0 radical (unpaired) electrons. The van der Waals surface area contributed by atoms with Crippen LogP contribution < -0.4 is 5.32 Å². The third kappa shape index (κ3) is 4.09. The predicted octanol–water partition coefficient (Wildman–Crippen LogP) is 3.89. The number of carbonyl (C=O) groups is 1. The Labute approximate surface area is 176 Å². The highest BCUT2D eigenvalue weighted by Gasteiger charge is 2.32.